The molecule has 0 unspecified atom stereocenters. The minimum absolute atomic E-state index is 0.0898. The van der Waals surface area contributed by atoms with Crippen LogP contribution in [-0.4, -0.2) is 50.2 Å². The molecule has 4 N–H and O–H groups in total. The maximum Gasteiger partial charge on any atom is 0.314 e. The molecule has 0 fully saturated rings. The standard InChI is InChI=1S/C11H26N4O/c1-3-15(4-2)10-6-9-14-11(16)13-8-5-7-12/h3-10,12H2,1-2H3,(H2,13,14,16). The summed E-state index contributed by atoms with van der Waals surface area (Å²) in [5.41, 5.74) is 5.32. The largest absolute Gasteiger partial charge is 0.338 e. The highest BCUT2D eigenvalue weighted by molar-refractivity contribution is 5.73. The van der Waals surface area contributed by atoms with Gasteiger partial charge in [-0.15, -0.1) is 0 Å². The van der Waals surface area contributed by atoms with Crippen LogP contribution in [0.25, 0.3) is 0 Å². The van der Waals surface area contributed by atoms with Crippen molar-refractivity contribution in [2.75, 3.05) is 39.3 Å². The Morgan fingerprint density at radius 3 is 2.19 bits per heavy atom. The lowest BCUT2D eigenvalue weighted by Gasteiger charge is -2.17. The van der Waals surface area contributed by atoms with Gasteiger partial charge >= 0.3 is 6.03 Å². The average molecular weight is 230 g/mol. The number of nitrogens with one attached hydrogen (secondary N) is 2. The van der Waals surface area contributed by atoms with E-state index in [1.165, 1.54) is 0 Å². The van der Waals surface area contributed by atoms with E-state index in [-0.39, 0.29) is 6.03 Å². The van der Waals surface area contributed by atoms with Crippen molar-refractivity contribution in [3.63, 3.8) is 0 Å². The van der Waals surface area contributed by atoms with Crippen molar-refractivity contribution in [1.82, 2.24) is 15.5 Å². The molecule has 0 aliphatic rings. The number of hydrogen-bond donors (Lipinski definition) is 3. The van der Waals surface area contributed by atoms with Gasteiger partial charge in [-0.3, -0.25) is 0 Å². The molecular weight excluding hydrogens is 204 g/mol. The first kappa shape index (κ1) is 15.2. The molecule has 0 bridgehead atoms. The van der Waals surface area contributed by atoms with E-state index in [9.17, 15) is 4.79 Å². The minimum Gasteiger partial charge on any atom is -0.338 e. The molecule has 0 aliphatic heterocycles. The van der Waals surface area contributed by atoms with Gasteiger partial charge in [0.25, 0.3) is 0 Å². The zero-order valence-corrected chi connectivity index (χ0v) is 10.6. The third-order valence-electron chi connectivity index (χ3n) is 2.50. The predicted molar refractivity (Wildman–Crippen MR) is 67.5 cm³/mol. The maximum absolute atomic E-state index is 11.2. The fourth-order valence-corrected chi connectivity index (χ4v) is 1.41. The van der Waals surface area contributed by atoms with E-state index in [0.29, 0.717) is 13.1 Å². The van der Waals surface area contributed by atoms with Crippen molar-refractivity contribution in [2.45, 2.75) is 26.7 Å². The van der Waals surface area contributed by atoms with E-state index in [0.717, 1.165) is 39.0 Å². The molecule has 0 saturated carbocycles. The number of hydrogen-bond acceptors (Lipinski definition) is 3. The summed E-state index contributed by atoms with van der Waals surface area (Å²) in [5.74, 6) is 0. The zero-order chi connectivity index (χ0) is 12.2. The van der Waals surface area contributed by atoms with E-state index in [1.54, 1.807) is 0 Å². The molecule has 0 radical (unpaired) electrons. The lowest BCUT2D eigenvalue weighted by atomic mass is 10.3. The summed E-state index contributed by atoms with van der Waals surface area (Å²) >= 11 is 0. The minimum atomic E-state index is -0.0898. The van der Waals surface area contributed by atoms with E-state index in [4.69, 9.17) is 5.73 Å². The number of carbonyl (C=O) groups excluding carboxylic acids is 1. The summed E-state index contributed by atoms with van der Waals surface area (Å²) in [6.45, 7) is 9.47. The monoisotopic (exact) mass is 230 g/mol. The van der Waals surface area contributed by atoms with Crippen LogP contribution in [0.3, 0.4) is 0 Å². The summed E-state index contributed by atoms with van der Waals surface area (Å²) in [7, 11) is 0. The first-order valence-corrected chi connectivity index (χ1v) is 6.18. The van der Waals surface area contributed by atoms with Crippen molar-refractivity contribution in [3.05, 3.63) is 0 Å². The normalized spacial score (nSPS) is 10.5. The molecule has 2 amide bonds. The van der Waals surface area contributed by atoms with Gasteiger partial charge in [0.15, 0.2) is 0 Å². The van der Waals surface area contributed by atoms with Crippen LogP contribution in [-0.2, 0) is 0 Å². The molecule has 5 heteroatoms. The Balaban J connectivity index is 3.33. The third kappa shape index (κ3) is 8.49. The highest BCUT2D eigenvalue weighted by atomic mass is 16.2. The molecule has 0 atom stereocenters. The SMILES string of the molecule is CCN(CC)CCCNC(=O)NCCCN. The number of amides is 2. The van der Waals surface area contributed by atoms with Crippen LogP contribution in [0, 0.1) is 0 Å². The van der Waals surface area contributed by atoms with Crippen LogP contribution >= 0.6 is 0 Å². The summed E-state index contributed by atoms with van der Waals surface area (Å²) in [6.07, 6.45) is 1.82. The molecule has 0 aliphatic carbocycles. The van der Waals surface area contributed by atoms with Crippen LogP contribution in [0.4, 0.5) is 4.79 Å². The van der Waals surface area contributed by atoms with Crippen LogP contribution in [0.1, 0.15) is 26.7 Å². The number of nitrogens with zero attached hydrogens (tertiary/aromatic N) is 1. The Hall–Kier alpha value is -0.810. The van der Waals surface area contributed by atoms with Gasteiger partial charge < -0.3 is 21.3 Å². The van der Waals surface area contributed by atoms with Gasteiger partial charge in [0, 0.05) is 13.1 Å². The number of urea groups is 1. The highest BCUT2D eigenvalue weighted by Gasteiger charge is 2.00. The molecule has 5 nitrogen and oxygen atoms in total. The molecule has 0 aromatic heterocycles. The Labute approximate surface area is 98.7 Å². The Bertz CT molecular complexity index is 171. The fourth-order valence-electron chi connectivity index (χ4n) is 1.41. The third-order valence-corrected chi connectivity index (χ3v) is 2.50. The Morgan fingerprint density at radius 2 is 1.69 bits per heavy atom. The van der Waals surface area contributed by atoms with Gasteiger partial charge in [0.2, 0.25) is 0 Å². The van der Waals surface area contributed by atoms with E-state index >= 15 is 0 Å². The second-order valence-corrected chi connectivity index (χ2v) is 3.71. The lowest BCUT2D eigenvalue weighted by Crippen LogP contribution is -2.38. The average Bonchev–Trinajstić information content (AvgIpc) is 2.30. The first-order chi connectivity index (χ1) is 7.74. The Morgan fingerprint density at radius 1 is 1.12 bits per heavy atom. The Kier molecular flexibility index (Phi) is 10.2. The quantitative estimate of drug-likeness (QED) is 0.501. The van der Waals surface area contributed by atoms with Crippen LogP contribution in [0.5, 0.6) is 0 Å². The first-order valence-electron chi connectivity index (χ1n) is 6.18. The van der Waals surface area contributed by atoms with Gasteiger partial charge in [-0.05, 0) is 39.0 Å². The number of nitrogens with two attached hydrogens (primary N) is 1. The molecular formula is C11H26N4O. The molecule has 0 saturated heterocycles. The summed E-state index contributed by atoms with van der Waals surface area (Å²) in [6, 6.07) is -0.0898. The van der Waals surface area contributed by atoms with E-state index < -0.39 is 0 Å². The van der Waals surface area contributed by atoms with Crippen molar-refractivity contribution in [1.29, 1.82) is 0 Å². The van der Waals surface area contributed by atoms with Crippen LogP contribution in [0.15, 0.2) is 0 Å². The second-order valence-electron chi connectivity index (χ2n) is 3.71. The lowest BCUT2D eigenvalue weighted by molar-refractivity contribution is 0.239. The van der Waals surface area contributed by atoms with Gasteiger partial charge in [0.1, 0.15) is 0 Å². The molecule has 96 valence electrons. The van der Waals surface area contributed by atoms with Crippen molar-refractivity contribution in [2.24, 2.45) is 5.73 Å². The van der Waals surface area contributed by atoms with Gasteiger partial charge in [-0.2, -0.15) is 0 Å². The summed E-state index contributed by atoms with van der Waals surface area (Å²) < 4.78 is 0. The molecule has 0 aromatic rings. The van der Waals surface area contributed by atoms with Gasteiger partial charge in [0.05, 0.1) is 0 Å². The summed E-state index contributed by atoms with van der Waals surface area (Å²) in [4.78, 5) is 13.6. The topological polar surface area (TPSA) is 70.4 Å². The molecule has 0 aromatic carbocycles. The smallest absolute Gasteiger partial charge is 0.314 e. The predicted octanol–water partition coefficient (Wildman–Crippen LogP) is 0.366. The van der Waals surface area contributed by atoms with Crippen molar-refractivity contribution < 1.29 is 4.79 Å². The second kappa shape index (κ2) is 10.7. The summed E-state index contributed by atoms with van der Waals surface area (Å²) in [5, 5.41) is 5.58. The van der Waals surface area contributed by atoms with E-state index in [1.807, 2.05) is 0 Å². The number of carbonyl (C=O) groups is 1. The van der Waals surface area contributed by atoms with Gasteiger partial charge in [-0.25, -0.2) is 4.79 Å². The fraction of sp³-hybridized carbons (Fsp3) is 0.909. The van der Waals surface area contributed by atoms with Crippen LogP contribution in [0.2, 0.25) is 0 Å². The van der Waals surface area contributed by atoms with Gasteiger partial charge in [-0.1, -0.05) is 13.8 Å². The molecule has 16 heavy (non-hydrogen) atoms. The van der Waals surface area contributed by atoms with Crippen molar-refractivity contribution >= 4 is 6.03 Å². The van der Waals surface area contributed by atoms with Crippen LogP contribution < -0.4 is 16.4 Å². The van der Waals surface area contributed by atoms with Crippen molar-refractivity contribution in [3.8, 4) is 0 Å². The highest BCUT2D eigenvalue weighted by Crippen LogP contribution is 1.89. The number of rotatable bonds is 9. The maximum atomic E-state index is 11.2. The zero-order valence-electron chi connectivity index (χ0n) is 10.6. The van der Waals surface area contributed by atoms with E-state index in [2.05, 4.69) is 29.4 Å². The molecule has 0 rings (SSSR count). The molecule has 0 heterocycles. The molecule has 0 spiro atoms.